The monoisotopic (exact) mass is 714 g/mol. The fraction of sp³-hybridized carbons (Fsp3) is 0.0588. The molecule has 50 heavy (non-hydrogen) atoms. The van der Waals surface area contributed by atoms with E-state index < -0.39 is 36.7 Å². The lowest BCUT2D eigenvalue weighted by Crippen LogP contribution is -2.22. The summed E-state index contributed by atoms with van der Waals surface area (Å²) in [6.07, 6.45) is 3.73. The van der Waals surface area contributed by atoms with Crippen molar-refractivity contribution in [2.45, 2.75) is 4.90 Å². The van der Waals surface area contributed by atoms with E-state index >= 15 is 0 Å². The zero-order valence-electron chi connectivity index (χ0n) is 26.1. The number of hydrogen-bond acceptors (Lipinski definition) is 12. The Kier molecular flexibility index (Phi) is 8.94. The van der Waals surface area contributed by atoms with E-state index in [1.807, 2.05) is 0 Å². The molecule has 16 heteroatoms. The van der Waals surface area contributed by atoms with Crippen molar-refractivity contribution in [1.29, 1.82) is 0 Å². The normalized spacial score (nSPS) is 15.7. The number of methoxy groups -OCH3 is 2. The highest BCUT2D eigenvalue weighted by atomic mass is 32.2. The number of hydrogen-bond donors (Lipinski definition) is 4. The quantitative estimate of drug-likeness (QED) is 0.130. The summed E-state index contributed by atoms with van der Waals surface area (Å²) < 4.78 is 77.9. The highest BCUT2D eigenvalue weighted by Crippen LogP contribution is 2.36. The number of carbonyl (C=O) groups excluding carboxylic acids is 2. The van der Waals surface area contributed by atoms with Crippen LogP contribution in [0.4, 0.5) is 11.4 Å². The van der Waals surface area contributed by atoms with E-state index in [9.17, 15) is 35.5 Å². The van der Waals surface area contributed by atoms with Gasteiger partial charge in [0.2, 0.25) is 11.6 Å². The first kappa shape index (κ1) is 33.9. The molecule has 254 valence electrons. The van der Waals surface area contributed by atoms with E-state index in [0.29, 0.717) is 34.0 Å². The van der Waals surface area contributed by atoms with Gasteiger partial charge in [0.15, 0.2) is 0 Å². The number of nitrogens with one attached hydrogen (secondary N) is 2. The molecule has 4 aromatic carbocycles. The van der Waals surface area contributed by atoms with Gasteiger partial charge < -0.3 is 9.47 Å². The summed E-state index contributed by atoms with van der Waals surface area (Å²) in [5.74, 6) is -0.378. The van der Waals surface area contributed by atoms with Gasteiger partial charge in [-0.3, -0.25) is 29.5 Å². The Morgan fingerprint density at radius 1 is 0.620 bits per heavy atom. The summed E-state index contributed by atoms with van der Waals surface area (Å²) in [6, 6.07) is 20.2. The SMILES string of the molecule is COc1cc(-c2ccc(N/N=C3\C=C(S(=O)(=O)O)c4ccccc4C3=O)c(OC)c2)ccc1N/N=C1/C=Cc2c(cccc2S(=O)(=O)O)C1=O. The molecule has 14 nitrogen and oxygen atoms in total. The van der Waals surface area contributed by atoms with Gasteiger partial charge in [0.25, 0.3) is 20.2 Å². The standard InChI is InChI=1S/C34H26N4O10S2/c1-47-29-16-19(10-13-25(29)35-37-27-15-12-22-24(33(27)39)8-5-9-31(22)49(41,42)43)20-11-14-26(30(17-20)48-2)36-38-28-18-32(50(44,45)46)21-6-3-4-7-23(21)34(28)40/h3-18,35-36H,1-2H3,(H,41,42,43)(H,44,45,46)/b37-27-,38-28+. The van der Waals surface area contributed by atoms with Gasteiger partial charge >= 0.3 is 0 Å². The number of benzene rings is 4. The van der Waals surface area contributed by atoms with Crippen molar-refractivity contribution in [2.75, 3.05) is 25.1 Å². The highest BCUT2D eigenvalue weighted by molar-refractivity contribution is 7.95. The topological polar surface area (TPSA) is 210 Å². The third kappa shape index (κ3) is 6.55. The fourth-order valence-corrected chi connectivity index (χ4v) is 6.79. The maximum absolute atomic E-state index is 13.0. The zero-order chi connectivity index (χ0) is 35.8. The molecule has 0 unspecified atom stereocenters. The second-order valence-corrected chi connectivity index (χ2v) is 13.5. The predicted molar refractivity (Wildman–Crippen MR) is 187 cm³/mol. The van der Waals surface area contributed by atoms with Crippen LogP contribution >= 0.6 is 0 Å². The fourth-order valence-electron chi connectivity index (χ4n) is 5.37. The number of Topliss-reactive ketones (excluding diaryl/α,β-unsaturated/α-hetero) is 2. The molecule has 6 rings (SSSR count). The number of anilines is 2. The lowest BCUT2D eigenvalue weighted by atomic mass is 9.95. The summed E-state index contributed by atoms with van der Waals surface area (Å²) in [5, 5.41) is 8.31. The van der Waals surface area contributed by atoms with Crippen molar-refractivity contribution < 1.29 is 45.0 Å². The molecule has 0 radical (unpaired) electrons. The van der Waals surface area contributed by atoms with Gasteiger partial charge in [-0.15, -0.1) is 0 Å². The Morgan fingerprint density at radius 3 is 1.72 bits per heavy atom. The van der Waals surface area contributed by atoms with Crippen LogP contribution in [0.25, 0.3) is 22.1 Å². The molecule has 0 saturated heterocycles. The molecule has 0 atom stereocenters. The van der Waals surface area contributed by atoms with Crippen LogP contribution in [0.15, 0.2) is 106 Å². The number of rotatable bonds is 9. The lowest BCUT2D eigenvalue weighted by Gasteiger charge is -2.16. The van der Waals surface area contributed by atoms with Crippen LogP contribution < -0.4 is 20.3 Å². The Balaban J connectivity index is 1.23. The Labute approximate surface area is 285 Å². The number of ketones is 2. The predicted octanol–water partition coefficient (Wildman–Crippen LogP) is 5.19. The van der Waals surface area contributed by atoms with Gasteiger partial charge in [0, 0.05) is 22.3 Å². The van der Waals surface area contributed by atoms with E-state index in [2.05, 4.69) is 21.1 Å². The van der Waals surface area contributed by atoms with Crippen LogP contribution in [0.2, 0.25) is 0 Å². The number of nitrogens with zero attached hydrogens (tertiary/aromatic N) is 2. The van der Waals surface area contributed by atoms with Crippen molar-refractivity contribution in [3.63, 3.8) is 0 Å². The molecule has 0 aliphatic heterocycles. The molecular weight excluding hydrogens is 689 g/mol. The molecule has 2 aliphatic carbocycles. The maximum Gasteiger partial charge on any atom is 0.295 e. The van der Waals surface area contributed by atoms with E-state index in [1.54, 1.807) is 48.5 Å². The molecule has 4 aromatic rings. The average molecular weight is 715 g/mol. The van der Waals surface area contributed by atoms with Gasteiger partial charge in [-0.25, -0.2) is 0 Å². The van der Waals surface area contributed by atoms with Crippen molar-refractivity contribution >= 4 is 65.6 Å². The van der Waals surface area contributed by atoms with E-state index in [4.69, 9.17) is 9.47 Å². The minimum atomic E-state index is -4.66. The molecule has 4 N–H and O–H groups in total. The van der Waals surface area contributed by atoms with Crippen molar-refractivity contribution in [1.82, 2.24) is 0 Å². The maximum atomic E-state index is 13.0. The summed E-state index contributed by atoms with van der Waals surface area (Å²) in [5.41, 5.74) is 7.77. The van der Waals surface area contributed by atoms with Gasteiger partial charge in [-0.05, 0) is 53.6 Å². The van der Waals surface area contributed by atoms with Gasteiger partial charge in [-0.1, -0.05) is 54.6 Å². The van der Waals surface area contributed by atoms with E-state index in [0.717, 1.165) is 6.08 Å². The molecule has 0 bridgehead atoms. The van der Waals surface area contributed by atoms with Crippen molar-refractivity contribution in [2.24, 2.45) is 10.2 Å². The Morgan fingerprint density at radius 2 is 1.16 bits per heavy atom. The summed E-state index contributed by atoms with van der Waals surface area (Å²) in [6.45, 7) is 0. The first-order valence-electron chi connectivity index (χ1n) is 14.5. The Bertz CT molecular complexity index is 2450. The first-order chi connectivity index (χ1) is 23.8. The van der Waals surface area contributed by atoms with Crippen molar-refractivity contribution in [3.8, 4) is 22.6 Å². The minimum absolute atomic E-state index is 0.00337. The molecule has 0 saturated carbocycles. The molecule has 0 spiro atoms. The van der Waals surface area contributed by atoms with Gasteiger partial charge in [0.1, 0.15) is 32.7 Å². The molecule has 0 heterocycles. The largest absolute Gasteiger partial charge is 0.494 e. The molecule has 0 aromatic heterocycles. The van der Waals surface area contributed by atoms with E-state index in [-0.39, 0.29) is 38.6 Å². The molecule has 0 fully saturated rings. The zero-order valence-corrected chi connectivity index (χ0v) is 27.7. The van der Waals surface area contributed by atoms with Gasteiger partial charge in [-0.2, -0.15) is 27.0 Å². The van der Waals surface area contributed by atoms with Crippen molar-refractivity contribution in [3.05, 3.63) is 113 Å². The van der Waals surface area contributed by atoms with Crippen LogP contribution in [0.3, 0.4) is 0 Å². The number of ether oxygens (including phenoxy) is 2. The average Bonchev–Trinajstić information content (AvgIpc) is 3.10. The number of hydrazone groups is 2. The summed E-state index contributed by atoms with van der Waals surface area (Å²) >= 11 is 0. The lowest BCUT2D eigenvalue weighted by molar-refractivity contribution is 0.105. The number of allylic oxidation sites excluding steroid dienone is 2. The van der Waals surface area contributed by atoms with Gasteiger partial charge in [0.05, 0.1) is 25.6 Å². The molecule has 0 amide bonds. The van der Waals surface area contributed by atoms with Crippen LogP contribution in [0.5, 0.6) is 11.5 Å². The summed E-state index contributed by atoms with van der Waals surface area (Å²) in [4.78, 5) is 25.3. The second kappa shape index (κ2) is 13.2. The highest BCUT2D eigenvalue weighted by Gasteiger charge is 2.30. The Hall–Kier alpha value is -5.94. The van der Waals surface area contributed by atoms with Crippen LogP contribution in [-0.2, 0) is 20.2 Å². The van der Waals surface area contributed by atoms with Crippen LogP contribution in [-0.4, -0.2) is 63.2 Å². The third-order valence-electron chi connectivity index (χ3n) is 7.77. The molecule has 2 aliphatic rings. The number of fused-ring (bicyclic) bond motifs is 2. The smallest absolute Gasteiger partial charge is 0.295 e. The number of carbonyl (C=O) groups is 2. The van der Waals surface area contributed by atoms with E-state index in [1.165, 1.54) is 56.7 Å². The second-order valence-electron chi connectivity index (χ2n) is 10.8. The summed E-state index contributed by atoms with van der Waals surface area (Å²) in [7, 11) is -6.31. The first-order valence-corrected chi connectivity index (χ1v) is 17.4. The van der Waals surface area contributed by atoms with Crippen LogP contribution in [0, 0.1) is 0 Å². The minimum Gasteiger partial charge on any atom is -0.494 e. The molecular formula is C34H26N4O10S2. The van der Waals surface area contributed by atoms with Crippen LogP contribution in [0.1, 0.15) is 31.8 Å². The third-order valence-corrected chi connectivity index (χ3v) is 9.58.